The van der Waals surface area contributed by atoms with Crippen LogP contribution in [0.3, 0.4) is 0 Å². The molecule has 0 amide bonds. The van der Waals surface area contributed by atoms with Crippen LogP contribution in [0.1, 0.15) is 25.6 Å². The molecule has 9 nitrogen and oxygen atoms in total. The van der Waals surface area contributed by atoms with E-state index in [-0.39, 0.29) is 11.7 Å². The molecule has 0 atom stereocenters. The molecule has 0 fully saturated rings. The minimum Gasteiger partial charge on any atom is -0.363 e. The van der Waals surface area contributed by atoms with Crippen molar-refractivity contribution in [1.82, 2.24) is 24.8 Å². The second kappa shape index (κ2) is 5.68. The van der Waals surface area contributed by atoms with Gasteiger partial charge in [0.05, 0.1) is 17.7 Å². The fraction of sp³-hybridized carbons (Fsp3) is 0.545. The molecule has 2 aromatic rings. The van der Waals surface area contributed by atoms with Crippen molar-refractivity contribution in [3.63, 3.8) is 0 Å². The molecule has 2 rings (SSSR count). The Labute approximate surface area is 115 Å². The van der Waals surface area contributed by atoms with Crippen LogP contribution >= 0.6 is 0 Å². The van der Waals surface area contributed by atoms with E-state index in [1.165, 1.54) is 0 Å². The zero-order valence-corrected chi connectivity index (χ0v) is 11.6. The average Bonchev–Trinajstić information content (AvgIpc) is 2.97. The van der Waals surface area contributed by atoms with Crippen LogP contribution in [-0.4, -0.2) is 36.2 Å². The van der Waals surface area contributed by atoms with Crippen molar-refractivity contribution >= 4 is 11.5 Å². The molecule has 0 saturated heterocycles. The van der Waals surface area contributed by atoms with E-state index in [9.17, 15) is 10.1 Å². The zero-order valence-electron chi connectivity index (χ0n) is 11.6. The summed E-state index contributed by atoms with van der Waals surface area (Å²) in [5, 5.41) is 26.0. The number of nitrogens with zero attached hydrogens (tertiary/aromatic N) is 6. The van der Waals surface area contributed by atoms with E-state index in [4.69, 9.17) is 0 Å². The Morgan fingerprint density at radius 1 is 1.50 bits per heavy atom. The molecule has 108 valence electrons. The third-order valence-electron chi connectivity index (χ3n) is 2.83. The number of nitro groups is 1. The number of aryl methyl sites for hydroxylation is 1. The Morgan fingerprint density at radius 2 is 2.25 bits per heavy atom. The summed E-state index contributed by atoms with van der Waals surface area (Å²) in [5.74, 6) is 0.433. The van der Waals surface area contributed by atoms with Crippen LogP contribution in [-0.2, 0) is 6.54 Å². The van der Waals surface area contributed by atoms with Crippen LogP contribution in [0, 0.1) is 17.0 Å². The number of hydrogen-bond acceptors (Lipinski definition) is 6. The highest BCUT2D eigenvalue weighted by Gasteiger charge is 2.26. The molecule has 0 aliphatic carbocycles. The van der Waals surface area contributed by atoms with Gasteiger partial charge in [0.2, 0.25) is 5.82 Å². The fourth-order valence-corrected chi connectivity index (χ4v) is 1.94. The lowest BCUT2D eigenvalue weighted by Crippen LogP contribution is -2.16. The summed E-state index contributed by atoms with van der Waals surface area (Å²) in [6, 6.07) is 0.0382. The van der Waals surface area contributed by atoms with Crippen LogP contribution in [0.25, 0.3) is 0 Å². The monoisotopic (exact) mass is 279 g/mol. The molecular formula is C11H17N7O2. The minimum absolute atomic E-state index is 0.0253. The molecule has 0 unspecified atom stereocenters. The molecule has 2 aromatic heterocycles. The second-order valence-corrected chi connectivity index (χ2v) is 4.67. The largest absolute Gasteiger partial charge is 0.363 e. The third kappa shape index (κ3) is 2.76. The zero-order chi connectivity index (χ0) is 14.7. The van der Waals surface area contributed by atoms with Gasteiger partial charge in [-0.15, -0.1) is 5.10 Å². The van der Waals surface area contributed by atoms with Gasteiger partial charge >= 0.3 is 5.69 Å². The summed E-state index contributed by atoms with van der Waals surface area (Å²) in [7, 11) is 0. The van der Waals surface area contributed by atoms with E-state index in [1.54, 1.807) is 28.7 Å². The summed E-state index contributed by atoms with van der Waals surface area (Å²) in [6.45, 7) is 6.57. The number of nitrogens with one attached hydrogen (secondary N) is 1. The van der Waals surface area contributed by atoms with Crippen LogP contribution in [0.15, 0.2) is 12.4 Å². The molecular weight excluding hydrogens is 262 g/mol. The fourth-order valence-electron chi connectivity index (χ4n) is 1.94. The van der Waals surface area contributed by atoms with Crippen molar-refractivity contribution in [2.24, 2.45) is 0 Å². The van der Waals surface area contributed by atoms with Gasteiger partial charge in [0.15, 0.2) is 0 Å². The average molecular weight is 279 g/mol. The first kappa shape index (κ1) is 14.0. The Morgan fingerprint density at radius 3 is 2.80 bits per heavy atom. The summed E-state index contributed by atoms with van der Waals surface area (Å²) >= 11 is 0. The standard InChI is InChI=1S/C11H17N7O2/c1-8(2)17-11(10(18(19)20)9(3)14-17)12-4-6-16-7-5-13-15-16/h5,7-8,12H,4,6H2,1-3H3. The van der Waals surface area contributed by atoms with E-state index < -0.39 is 4.92 Å². The van der Waals surface area contributed by atoms with Gasteiger partial charge in [0, 0.05) is 18.8 Å². The van der Waals surface area contributed by atoms with Crippen molar-refractivity contribution in [1.29, 1.82) is 0 Å². The highest BCUT2D eigenvalue weighted by atomic mass is 16.6. The number of aromatic nitrogens is 5. The summed E-state index contributed by atoms with van der Waals surface area (Å²) in [4.78, 5) is 10.8. The van der Waals surface area contributed by atoms with Crippen molar-refractivity contribution in [2.75, 3.05) is 11.9 Å². The maximum absolute atomic E-state index is 11.2. The Bertz CT molecular complexity index is 588. The van der Waals surface area contributed by atoms with E-state index in [0.717, 1.165) is 0 Å². The first-order valence-corrected chi connectivity index (χ1v) is 6.32. The molecule has 0 aromatic carbocycles. The van der Waals surface area contributed by atoms with E-state index in [0.29, 0.717) is 24.6 Å². The predicted molar refractivity (Wildman–Crippen MR) is 72.5 cm³/mol. The SMILES string of the molecule is Cc1nn(C(C)C)c(NCCn2ccnn2)c1[N+](=O)[O-]. The first-order valence-electron chi connectivity index (χ1n) is 6.32. The summed E-state index contributed by atoms with van der Waals surface area (Å²) < 4.78 is 3.29. The van der Waals surface area contributed by atoms with E-state index in [2.05, 4.69) is 20.7 Å². The van der Waals surface area contributed by atoms with Gasteiger partial charge in [0.25, 0.3) is 0 Å². The molecule has 0 spiro atoms. The van der Waals surface area contributed by atoms with Gasteiger partial charge in [0.1, 0.15) is 5.69 Å². The lowest BCUT2D eigenvalue weighted by Gasteiger charge is -2.11. The molecule has 0 aliphatic heterocycles. The maximum Gasteiger partial charge on any atom is 0.333 e. The Kier molecular flexibility index (Phi) is 3.97. The molecule has 0 aliphatic rings. The van der Waals surface area contributed by atoms with Crippen molar-refractivity contribution in [3.8, 4) is 0 Å². The topological polar surface area (TPSA) is 104 Å². The predicted octanol–water partition coefficient (Wildman–Crippen LogP) is 1.38. The Balaban J connectivity index is 2.18. The molecule has 0 saturated carbocycles. The molecule has 0 radical (unpaired) electrons. The Hall–Kier alpha value is -2.45. The van der Waals surface area contributed by atoms with Gasteiger partial charge < -0.3 is 5.32 Å². The quantitative estimate of drug-likeness (QED) is 0.633. The molecule has 1 N–H and O–H groups in total. The van der Waals surface area contributed by atoms with Crippen molar-refractivity contribution < 1.29 is 4.92 Å². The normalized spacial score (nSPS) is 11.0. The molecule has 2 heterocycles. The lowest BCUT2D eigenvalue weighted by molar-refractivity contribution is -0.384. The highest BCUT2D eigenvalue weighted by Crippen LogP contribution is 2.30. The number of hydrogen-bond donors (Lipinski definition) is 1. The highest BCUT2D eigenvalue weighted by molar-refractivity contribution is 5.59. The van der Waals surface area contributed by atoms with Crippen LogP contribution < -0.4 is 5.32 Å². The molecule has 20 heavy (non-hydrogen) atoms. The minimum atomic E-state index is -0.404. The smallest absolute Gasteiger partial charge is 0.333 e. The van der Waals surface area contributed by atoms with Crippen LogP contribution in [0.5, 0.6) is 0 Å². The van der Waals surface area contributed by atoms with Crippen molar-refractivity contribution in [3.05, 3.63) is 28.2 Å². The second-order valence-electron chi connectivity index (χ2n) is 4.67. The molecule has 0 bridgehead atoms. The third-order valence-corrected chi connectivity index (χ3v) is 2.83. The van der Waals surface area contributed by atoms with Gasteiger partial charge in [-0.2, -0.15) is 5.10 Å². The number of anilines is 1. The maximum atomic E-state index is 11.2. The van der Waals surface area contributed by atoms with Gasteiger partial charge in [-0.1, -0.05) is 5.21 Å². The van der Waals surface area contributed by atoms with Gasteiger partial charge in [-0.25, -0.2) is 4.68 Å². The van der Waals surface area contributed by atoms with Crippen LogP contribution in [0.2, 0.25) is 0 Å². The van der Waals surface area contributed by atoms with E-state index >= 15 is 0 Å². The van der Waals surface area contributed by atoms with Gasteiger partial charge in [-0.3, -0.25) is 14.8 Å². The van der Waals surface area contributed by atoms with E-state index in [1.807, 2.05) is 13.8 Å². The number of rotatable bonds is 6. The van der Waals surface area contributed by atoms with Crippen molar-refractivity contribution in [2.45, 2.75) is 33.4 Å². The summed E-state index contributed by atoms with van der Waals surface area (Å²) in [5.41, 5.74) is 0.434. The van der Waals surface area contributed by atoms with Gasteiger partial charge in [-0.05, 0) is 20.8 Å². The summed E-state index contributed by atoms with van der Waals surface area (Å²) in [6.07, 6.45) is 3.33. The first-order chi connectivity index (χ1) is 9.50. The molecule has 9 heteroatoms. The van der Waals surface area contributed by atoms with Crippen LogP contribution in [0.4, 0.5) is 11.5 Å². The lowest BCUT2D eigenvalue weighted by atomic mass is 10.3.